The molecule has 4 rings (SSSR count). The number of aliphatic hydroxyl groups is 1. The molecule has 32 heavy (non-hydrogen) atoms. The first kappa shape index (κ1) is 22.4. The van der Waals surface area contributed by atoms with Crippen LogP contribution in [0.4, 0.5) is 11.4 Å². The summed E-state index contributed by atoms with van der Waals surface area (Å²) >= 11 is 0. The van der Waals surface area contributed by atoms with Crippen molar-refractivity contribution in [3.63, 3.8) is 0 Å². The molecule has 1 N–H and O–H groups in total. The molecule has 2 unspecified atom stereocenters. The lowest BCUT2D eigenvalue weighted by molar-refractivity contribution is -0.0167. The second-order valence-corrected chi connectivity index (χ2v) is 9.15. The number of benzene rings is 3. The summed E-state index contributed by atoms with van der Waals surface area (Å²) in [5.41, 5.74) is 4.27. The van der Waals surface area contributed by atoms with E-state index in [1.807, 2.05) is 19.9 Å². The second-order valence-electron chi connectivity index (χ2n) is 9.15. The van der Waals surface area contributed by atoms with E-state index in [2.05, 4.69) is 90.8 Å². The molecule has 0 bridgehead atoms. The van der Waals surface area contributed by atoms with Gasteiger partial charge in [-0.2, -0.15) is 0 Å². The zero-order chi connectivity index (χ0) is 22.7. The summed E-state index contributed by atoms with van der Waals surface area (Å²) in [6.45, 7) is 5.69. The van der Waals surface area contributed by atoms with Crippen LogP contribution < -0.4 is 4.90 Å². The standard InChI is InChI=1S/C28H32BNO2/c1-20(31)28(2,3)32-29-25-17-11-10-16-24(25)27-23-15-9-8-12-21(23)18-19-26(27)30(4)22-13-6-5-7-14-22/h5-16,18-20,25,29,31H,17H2,1-4H3. The van der Waals surface area contributed by atoms with Gasteiger partial charge in [-0.1, -0.05) is 66.8 Å². The highest BCUT2D eigenvalue weighted by Crippen LogP contribution is 2.44. The largest absolute Gasteiger partial charge is 0.432 e. The fourth-order valence-corrected chi connectivity index (χ4v) is 4.19. The van der Waals surface area contributed by atoms with Crippen molar-refractivity contribution in [2.45, 2.75) is 44.7 Å². The normalized spacial score (nSPS) is 17.2. The Morgan fingerprint density at radius 2 is 1.75 bits per heavy atom. The van der Waals surface area contributed by atoms with Gasteiger partial charge < -0.3 is 14.7 Å². The van der Waals surface area contributed by atoms with E-state index >= 15 is 0 Å². The summed E-state index contributed by atoms with van der Waals surface area (Å²) in [5.74, 6) is 0.215. The van der Waals surface area contributed by atoms with Gasteiger partial charge in [0.25, 0.3) is 7.48 Å². The summed E-state index contributed by atoms with van der Waals surface area (Å²) in [7, 11) is 2.69. The first-order valence-corrected chi connectivity index (χ1v) is 11.4. The lowest BCUT2D eigenvalue weighted by Gasteiger charge is -2.33. The number of rotatable bonds is 7. The maximum absolute atomic E-state index is 10.1. The lowest BCUT2D eigenvalue weighted by Crippen LogP contribution is -2.39. The molecule has 0 amide bonds. The molecule has 0 spiro atoms. The number of anilines is 2. The monoisotopic (exact) mass is 425 g/mol. The summed E-state index contributed by atoms with van der Waals surface area (Å²) in [5, 5.41) is 12.6. The number of aliphatic hydroxyl groups excluding tert-OH is 1. The van der Waals surface area contributed by atoms with Gasteiger partial charge in [-0.3, -0.25) is 0 Å². The zero-order valence-corrected chi connectivity index (χ0v) is 19.5. The second kappa shape index (κ2) is 9.36. The van der Waals surface area contributed by atoms with Crippen LogP contribution >= 0.6 is 0 Å². The minimum atomic E-state index is -0.589. The lowest BCUT2D eigenvalue weighted by atomic mass is 9.67. The number of allylic oxidation sites excluding steroid dienone is 4. The van der Waals surface area contributed by atoms with Crippen LogP contribution in [0.25, 0.3) is 16.3 Å². The molecular weight excluding hydrogens is 393 g/mol. The molecule has 0 heterocycles. The van der Waals surface area contributed by atoms with Crippen LogP contribution in [-0.2, 0) is 4.65 Å². The predicted molar refractivity (Wildman–Crippen MR) is 138 cm³/mol. The molecule has 4 heteroatoms. The third-order valence-electron chi connectivity index (χ3n) is 6.64. The van der Waals surface area contributed by atoms with Crippen molar-refractivity contribution in [1.29, 1.82) is 0 Å². The quantitative estimate of drug-likeness (QED) is 0.453. The maximum atomic E-state index is 10.1. The van der Waals surface area contributed by atoms with Crippen LogP contribution in [0.15, 0.2) is 85.0 Å². The van der Waals surface area contributed by atoms with E-state index in [1.165, 1.54) is 27.6 Å². The van der Waals surface area contributed by atoms with E-state index in [1.54, 1.807) is 6.92 Å². The first-order valence-electron chi connectivity index (χ1n) is 11.4. The number of fused-ring (bicyclic) bond motifs is 1. The summed E-state index contributed by atoms with van der Waals surface area (Å²) in [4.78, 5) is 2.26. The fraction of sp³-hybridized carbons (Fsp3) is 0.286. The van der Waals surface area contributed by atoms with Crippen molar-refractivity contribution in [2.24, 2.45) is 0 Å². The van der Waals surface area contributed by atoms with Crippen molar-refractivity contribution in [3.8, 4) is 0 Å². The fourth-order valence-electron chi connectivity index (χ4n) is 4.19. The molecule has 3 nitrogen and oxygen atoms in total. The summed E-state index contributed by atoms with van der Waals surface area (Å²) in [6.07, 6.45) is 6.97. The number of hydrogen-bond acceptors (Lipinski definition) is 3. The van der Waals surface area contributed by atoms with Crippen LogP contribution in [0.3, 0.4) is 0 Å². The Hall–Kier alpha value is -2.82. The van der Waals surface area contributed by atoms with Crippen LogP contribution in [0.1, 0.15) is 32.8 Å². The Balaban J connectivity index is 1.80. The van der Waals surface area contributed by atoms with Crippen molar-refractivity contribution < 1.29 is 9.76 Å². The van der Waals surface area contributed by atoms with Gasteiger partial charge in [0.1, 0.15) is 0 Å². The SMILES string of the molecule is CC(O)C(C)(C)OBC1CC=CC=C1c1c(N(C)c2ccccc2)ccc2ccccc12. The minimum absolute atomic E-state index is 0.215. The highest BCUT2D eigenvalue weighted by Gasteiger charge is 2.30. The van der Waals surface area contributed by atoms with Gasteiger partial charge in [-0.05, 0) is 67.6 Å². The van der Waals surface area contributed by atoms with Crippen molar-refractivity contribution in [1.82, 2.24) is 0 Å². The Bertz CT molecular complexity index is 1130. The average Bonchev–Trinajstić information content (AvgIpc) is 2.82. The molecule has 0 saturated carbocycles. The first-order chi connectivity index (χ1) is 15.4. The van der Waals surface area contributed by atoms with Gasteiger partial charge in [-0.25, -0.2) is 0 Å². The van der Waals surface area contributed by atoms with E-state index in [9.17, 15) is 5.11 Å². The number of hydrogen-bond donors (Lipinski definition) is 1. The van der Waals surface area contributed by atoms with Gasteiger partial charge >= 0.3 is 0 Å². The van der Waals surface area contributed by atoms with E-state index in [0.717, 1.165) is 12.1 Å². The third-order valence-corrected chi connectivity index (χ3v) is 6.64. The zero-order valence-electron chi connectivity index (χ0n) is 19.5. The van der Waals surface area contributed by atoms with Gasteiger partial charge in [-0.15, -0.1) is 0 Å². The molecule has 0 saturated heterocycles. The van der Waals surface area contributed by atoms with E-state index in [4.69, 9.17) is 4.65 Å². The van der Waals surface area contributed by atoms with E-state index in [-0.39, 0.29) is 5.82 Å². The van der Waals surface area contributed by atoms with Crippen LogP contribution in [0, 0.1) is 0 Å². The smallest absolute Gasteiger partial charge is 0.283 e. The molecule has 164 valence electrons. The van der Waals surface area contributed by atoms with Crippen molar-refractivity contribution in [2.75, 3.05) is 11.9 Å². The predicted octanol–water partition coefficient (Wildman–Crippen LogP) is 6.27. The third kappa shape index (κ3) is 4.52. The molecule has 0 aromatic heterocycles. The number of nitrogens with zero attached hydrogens (tertiary/aromatic N) is 1. The molecule has 0 fully saturated rings. The minimum Gasteiger partial charge on any atom is -0.432 e. The molecule has 0 radical (unpaired) electrons. The number of para-hydroxylation sites is 1. The van der Waals surface area contributed by atoms with Gasteiger partial charge in [0.2, 0.25) is 0 Å². The molecular formula is C28H32BNO2. The van der Waals surface area contributed by atoms with Crippen LogP contribution in [0.2, 0.25) is 5.82 Å². The van der Waals surface area contributed by atoms with Crippen molar-refractivity contribution in [3.05, 3.63) is 90.5 Å². The summed E-state index contributed by atoms with van der Waals surface area (Å²) < 4.78 is 6.24. The average molecular weight is 425 g/mol. The molecule has 3 aromatic rings. The Morgan fingerprint density at radius 3 is 2.50 bits per heavy atom. The van der Waals surface area contributed by atoms with Gasteiger partial charge in [0.05, 0.1) is 11.7 Å². The van der Waals surface area contributed by atoms with Gasteiger partial charge in [0, 0.05) is 24.0 Å². The van der Waals surface area contributed by atoms with E-state index in [0.29, 0.717) is 7.48 Å². The Labute approximate surface area is 192 Å². The molecule has 1 aliphatic carbocycles. The Morgan fingerprint density at radius 1 is 1.03 bits per heavy atom. The van der Waals surface area contributed by atoms with E-state index < -0.39 is 11.7 Å². The highest BCUT2D eigenvalue weighted by atomic mass is 16.5. The Kier molecular flexibility index (Phi) is 6.54. The highest BCUT2D eigenvalue weighted by molar-refractivity contribution is 6.35. The van der Waals surface area contributed by atoms with Crippen molar-refractivity contribution >= 4 is 35.2 Å². The molecule has 0 aliphatic heterocycles. The van der Waals surface area contributed by atoms with Gasteiger partial charge in [0.15, 0.2) is 0 Å². The molecule has 1 aliphatic rings. The van der Waals surface area contributed by atoms with Crippen LogP contribution in [0.5, 0.6) is 0 Å². The van der Waals surface area contributed by atoms with Crippen LogP contribution in [-0.4, -0.2) is 31.3 Å². The molecule has 2 atom stereocenters. The summed E-state index contributed by atoms with van der Waals surface area (Å²) in [6, 6.07) is 23.5. The molecule has 3 aromatic carbocycles. The maximum Gasteiger partial charge on any atom is 0.283 e. The topological polar surface area (TPSA) is 32.7 Å².